The largest absolute Gasteiger partial charge is 0.350 e. The molecule has 2 unspecified atom stereocenters. The van der Waals surface area contributed by atoms with Crippen molar-refractivity contribution in [1.29, 1.82) is 0 Å². The fourth-order valence-electron chi connectivity index (χ4n) is 3.89. The highest BCUT2D eigenvalue weighted by atomic mass is 79.9. The summed E-state index contributed by atoms with van der Waals surface area (Å²) < 4.78 is 26.4. The summed E-state index contributed by atoms with van der Waals surface area (Å²) in [6.45, 7) is 0.606. The molecule has 2 atom stereocenters. The van der Waals surface area contributed by atoms with Crippen LogP contribution in [0, 0.1) is 0 Å². The molecule has 3 N–H and O–H groups in total. The number of halogens is 1. The van der Waals surface area contributed by atoms with E-state index in [1.807, 2.05) is 29.3 Å². The summed E-state index contributed by atoms with van der Waals surface area (Å²) in [6, 6.07) is 14.2. The van der Waals surface area contributed by atoms with Gasteiger partial charge in [-0.3, -0.25) is 4.79 Å². The Bertz CT molecular complexity index is 1190. The highest BCUT2D eigenvalue weighted by molar-refractivity contribution is 9.10. The van der Waals surface area contributed by atoms with Gasteiger partial charge in [-0.2, -0.15) is 0 Å². The molecule has 0 radical (unpaired) electrons. The number of amides is 1. The van der Waals surface area contributed by atoms with Crippen molar-refractivity contribution < 1.29 is 13.2 Å². The van der Waals surface area contributed by atoms with E-state index in [0.29, 0.717) is 18.5 Å². The third-order valence-corrected chi connectivity index (χ3v) is 7.56. The maximum absolute atomic E-state index is 12.8. The van der Waals surface area contributed by atoms with E-state index in [4.69, 9.17) is 0 Å². The van der Waals surface area contributed by atoms with E-state index in [2.05, 4.69) is 36.6 Å². The van der Waals surface area contributed by atoms with E-state index in [1.165, 1.54) is 6.26 Å². The minimum atomic E-state index is -3.43. The molecule has 0 aliphatic carbocycles. The number of aromatic amines is 1. The number of carbonyl (C=O) groups is 1. The van der Waals surface area contributed by atoms with Crippen LogP contribution in [0.3, 0.4) is 0 Å². The molecule has 1 aliphatic rings. The lowest BCUT2D eigenvalue weighted by molar-refractivity contribution is 0.0949. The van der Waals surface area contributed by atoms with Gasteiger partial charge < -0.3 is 15.3 Å². The van der Waals surface area contributed by atoms with Crippen molar-refractivity contribution in [3.05, 3.63) is 82.3 Å². The number of nitrogens with zero attached hydrogens (tertiary/aromatic N) is 2. The Labute approximate surface area is 195 Å². The molecule has 0 bridgehead atoms. The van der Waals surface area contributed by atoms with Crippen molar-refractivity contribution in [1.82, 2.24) is 20.7 Å². The number of benzene rings is 2. The lowest BCUT2D eigenvalue weighted by Gasteiger charge is -2.31. The molecule has 4 rings (SSSR count). The van der Waals surface area contributed by atoms with Crippen molar-refractivity contribution in [2.24, 2.45) is 0 Å². The van der Waals surface area contributed by atoms with Crippen LogP contribution in [0.1, 0.15) is 21.6 Å². The number of anilines is 1. The number of nitrogens with one attached hydrogen (secondary N) is 3. The molecule has 0 spiro atoms. The van der Waals surface area contributed by atoms with Crippen LogP contribution in [-0.4, -0.2) is 48.4 Å². The maximum Gasteiger partial charge on any atom is 0.251 e. The Hall–Kier alpha value is -2.69. The number of hydrogen-bond acceptors (Lipinski definition) is 6. The second kappa shape index (κ2) is 9.43. The third kappa shape index (κ3) is 5.20. The van der Waals surface area contributed by atoms with Gasteiger partial charge in [0.2, 0.25) is 0 Å². The minimum absolute atomic E-state index is 0.153. The highest BCUT2D eigenvalue weighted by Crippen LogP contribution is 2.31. The van der Waals surface area contributed by atoms with Gasteiger partial charge in [-0.05, 0) is 42.3 Å². The third-order valence-electron chi connectivity index (χ3n) is 5.48. The van der Waals surface area contributed by atoms with Gasteiger partial charge >= 0.3 is 0 Å². The number of fused-ring (bicyclic) bond motifs is 1. The summed E-state index contributed by atoms with van der Waals surface area (Å²) in [5.41, 5.74) is 6.55. The molecule has 32 heavy (non-hydrogen) atoms. The molecular formula is C22H24BrN5O3S. The van der Waals surface area contributed by atoms with E-state index in [-0.39, 0.29) is 12.5 Å². The van der Waals surface area contributed by atoms with E-state index in [0.717, 1.165) is 21.4 Å². The van der Waals surface area contributed by atoms with Gasteiger partial charge in [0.15, 0.2) is 9.84 Å². The Balaban J connectivity index is 1.65. The number of rotatable bonds is 6. The average Bonchev–Trinajstić information content (AvgIpc) is 3.21. The van der Waals surface area contributed by atoms with E-state index >= 15 is 0 Å². The molecule has 10 heteroatoms. The molecule has 2 heterocycles. The summed E-state index contributed by atoms with van der Waals surface area (Å²) >= 11 is 3.50. The van der Waals surface area contributed by atoms with E-state index in [9.17, 15) is 13.2 Å². The van der Waals surface area contributed by atoms with Crippen molar-refractivity contribution in [3.63, 3.8) is 0 Å². The molecule has 1 aromatic heterocycles. The number of H-pyrrole nitrogens is 1. The van der Waals surface area contributed by atoms with Gasteiger partial charge in [-0.1, -0.05) is 34.1 Å². The second-order valence-electron chi connectivity index (χ2n) is 7.82. The zero-order valence-electron chi connectivity index (χ0n) is 17.5. The lowest BCUT2D eigenvalue weighted by Crippen LogP contribution is -2.55. The summed E-state index contributed by atoms with van der Waals surface area (Å²) in [5.74, 6) is -0.246. The molecule has 8 nitrogen and oxygen atoms in total. The number of hydrogen-bond donors (Lipinski definition) is 3. The number of hydrazine groups is 1. The predicted molar refractivity (Wildman–Crippen MR) is 127 cm³/mol. The zero-order valence-corrected chi connectivity index (χ0v) is 19.9. The van der Waals surface area contributed by atoms with Gasteiger partial charge in [0.25, 0.3) is 5.91 Å². The quantitative estimate of drug-likeness (QED) is 0.463. The monoisotopic (exact) mass is 517 g/mol. The molecule has 3 aromatic rings. The predicted octanol–water partition coefficient (Wildman–Crippen LogP) is 2.45. The van der Waals surface area contributed by atoms with Crippen LogP contribution in [0.2, 0.25) is 0 Å². The van der Waals surface area contributed by atoms with Crippen molar-refractivity contribution in [2.45, 2.75) is 24.3 Å². The number of aromatic nitrogens is 2. The van der Waals surface area contributed by atoms with Crippen LogP contribution in [0.25, 0.3) is 0 Å². The first-order chi connectivity index (χ1) is 15.3. The SMILES string of the molecule is CS(=O)(=O)C1Cc2cc(Br)ccc2N(Cc2cnc[nH]2)NC1CNC(=O)c1ccccc1. The fraction of sp³-hybridized carbons (Fsp3) is 0.273. The molecule has 0 saturated heterocycles. The van der Waals surface area contributed by atoms with E-state index < -0.39 is 21.1 Å². The lowest BCUT2D eigenvalue weighted by atomic mass is 10.0. The van der Waals surface area contributed by atoms with Gasteiger partial charge in [0, 0.05) is 29.0 Å². The van der Waals surface area contributed by atoms with Gasteiger partial charge in [0.1, 0.15) is 0 Å². The Morgan fingerprint density at radius 2 is 2.03 bits per heavy atom. The summed E-state index contributed by atoms with van der Waals surface area (Å²) in [5, 5.41) is 4.09. The standard InChI is InChI=1S/C22H24BrN5O3S/c1-32(30,31)21-10-16-9-17(23)7-8-20(16)28(13-18-11-24-14-26-18)27-19(21)12-25-22(29)15-5-3-2-4-6-15/h2-9,11,14,19,21,27H,10,12-13H2,1H3,(H,24,26)(H,25,29). The molecule has 0 saturated carbocycles. The van der Waals surface area contributed by atoms with Crippen LogP contribution < -0.4 is 15.8 Å². The topological polar surface area (TPSA) is 107 Å². The first-order valence-corrected chi connectivity index (χ1v) is 12.9. The maximum atomic E-state index is 12.8. The Kier molecular flexibility index (Phi) is 6.63. The van der Waals surface area contributed by atoms with Crippen LogP contribution in [-0.2, 0) is 22.8 Å². The normalized spacial score (nSPS) is 18.6. The first kappa shape index (κ1) is 22.5. The van der Waals surface area contributed by atoms with Crippen LogP contribution >= 0.6 is 15.9 Å². The average molecular weight is 518 g/mol. The molecule has 2 aromatic carbocycles. The highest BCUT2D eigenvalue weighted by Gasteiger charge is 2.36. The zero-order chi connectivity index (χ0) is 22.7. The minimum Gasteiger partial charge on any atom is -0.350 e. The summed E-state index contributed by atoms with van der Waals surface area (Å²) in [6.07, 6.45) is 4.90. The molecular weight excluding hydrogens is 494 g/mol. The number of carbonyl (C=O) groups excluding carboxylic acids is 1. The van der Waals surface area contributed by atoms with Crippen LogP contribution in [0.15, 0.2) is 65.5 Å². The number of imidazole rings is 1. The molecule has 1 amide bonds. The Morgan fingerprint density at radius 3 is 2.72 bits per heavy atom. The fourth-order valence-corrected chi connectivity index (χ4v) is 5.53. The van der Waals surface area contributed by atoms with Crippen LogP contribution in [0.5, 0.6) is 0 Å². The summed E-state index contributed by atoms with van der Waals surface area (Å²) in [4.78, 5) is 19.8. The van der Waals surface area contributed by atoms with Gasteiger partial charge in [0.05, 0.1) is 35.5 Å². The van der Waals surface area contributed by atoms with Gasteiger partial charge in [-0.25, -0.2) is 18.8 Å². The van der Waals surface area contributed by atoms with E-state index in [1.54, 1.807) is 36.8 Å². The molecule has 0 fully saturated rings. The van der Waals surface area contributed by atoms with Crippen molar-refractivity contribution >= 4 is 37.4 Å². The molecule has 1 aliphatic heterocycles. The smallest absolute Gasteiger partial charge is 0.251 e. The van der Waals surface area contributed by atoms with Crippen LogP contribution in [0.4, 0.5) is 5.69 Å². The van der Waals surface area contributed by atoms with Crippen molar-refractivity contribution in [2.75, 3.05) is 17.8 Å². The second-order valence-corrected chi connectivity index (χ2v) is 11.0. The Morgan fingerprint density at radius 1 is 1.25 bits per heavy atom. The van der Waals surface area contributed by atoms with Crippen molar-refractivity contribution in [3.8, 4) is 0 Å². The first-order valence-electron chi connectivity index (χ1n) is 10.1. The number of sulfone groups is 1. The summed E-state index contributed by atoms with van der Waals surface area (Å²) in [7, 11) is -3.43. The van der Waals surface area contributed by atoms with Gasteiger partial charge in [-0.15, -0.1) is 0 Å². The molecule has 168 valence electrons.